The van der Waals surface area contributed by atoms with Crippen LogP contribution >= 0.6 is 22.9 Å². The predicted octanol–water partition coefficient (Wildman–Crippen LogP) is 8.38. The first kappa shape index (κ1) is 25.6. The third-order valence-corrected chi connectivity index (χ3v) is 8.52. The molecule has 1 heterocycles. The van der Waals surface area contributed by atoms with Gasteiger partial charge >= 0.3 is 5.97 Å². The minimum absolute atomic E-state index is 0.137. The maximum Gasteiger partial charge on any atom is 0.303 e. The van der Waals surface area contributed by atoms with Crippen molar-refractivity contribution < 1.29 is 14.6 Å². The number of aliphatic carboxylic acids is 1. The third-order valence-electron chi connectivity index (χ3n) is 7.01. The number of rotatable bonds is 11. The Morgan fingerprint density at radius 3 is 2.52 bits per heavy atom. The fourth-order valence-corrected chi connectivity index (χ4v) is 5.60. The lowest BCUT2D eigenvalue weighted by Gasteiger charge is -2.17. The standard InChI is InChI=1S/C28H35ClO3S/c1-6-17(2)18(3)7-10-25-15-22-13-24(29)14-23(28(22)33-25)16-32-26-11-8-21(9-12-27(30)31)19(4)20(26)5/h8,11,13-15,17-18H,6-7,9-10,12,16H2,1-5H3,(H,30,31). The molecule has 3 aromatic rings. The van der Waals surface area contributed by atoms with Crippen LogP contribution in [-0.4, -0.2) is 11.1 Å². The molecule has 0 saturated heterocycles. The lowest BCUT2D eigenvalue weighted by Crippen LogP contribution is -2.07. The van der Waals surface area contributed by atoms with Crippen molar-refractivity contribution in [2.75, 3.05) is 0 Å². The van der Waals surface area contributed by atoms with Crippen LogP contribution < -0.4 is 4.74 Å². The number of thiophene rings is 1. The van der Waals surface area contributed by atoms with E-state index < -0.39 is 5.97 Å². The Hall–Kier alpha value is -2.04. The van der Waals surface area contributed by atoms with E-state index in [9.17, 15) is 4.79 Å². The predicted molar refractivity (Wildman–Crippen MR) is 140 cm³/mol. The number of hydrogen-bond donors (Lipinski definition) is 1. The van der Waals surface area contributed by atoms with Crippen LogP contribution in [0.4, 0.5) is 0 Å². The van der Waals surface area contributed by atoms with Gasteiger partial charge in [0.1, 0.15) is 12.4 Å². The molecule has 0 saturated carbocycles. The monoisotopic (exact) mass is 486 g/mol. The zero-order valence-electron chi connectivity index (χ0n) is 20.3. The Morgan fingerprint density at radius 2 is 1.82 bits per heavy atom. The number of carboxylic acids is 1. The molecule has 0 aliphatic rings. The summed E-state index contributed by atoms with van der Waals surface area (Å²) in [5, 5.41) is 10.9. The van der Waals surface area contributed by atoms with Crippen molar-refractivity contribution in [3.8, 4) is 5.75 Å². The van der Waals surface area contributed by atoms with Gasteiger partial charge < -0.3 is 9.84 Å². The molecule has 1 N–H and O–H groups in total. The summed E-state index contributed by atoms with van der Waals surface area (Å²) in [6, 6.07) is 10.3. The van der Waals surface area contributed by atoms with Gasteiger partial charge in [-0.05, 0) is 91.3 Å². The molecule has 1 aromatic heterocycles. The Balaban J connectivity index is 1.75. The summed E-state index contributed by atoms with van der Waals surface area (Å²) in [5.41, 5.74) is 4.32. The summed E-state index contributed by atoms with van der Waals surface area (Å²) in [4.78, 5) is 12.3. The van der Waals surface area contributed by atoms with Crippen LogP contribution in [0.3, 0.4) is 0 Å². The van der Waals surface area contributed by atoms with Gasteiger partial charge in [0.25, 0.3) is 0 Å². The molecule has 0 bridgehead atoms. The van der Waals surface area contributed by atoms with E-state index in [4.69, 9.17) is 21.4 Å². The van der Waals surface area contributed by atoms with Gasteiger partial charge in [-0.3, -0.25) is 4.79 Å². The third kappa shape index (κ3) is 6.51. The highest BCUT2D eigenvalue weighted by atomic mass is 35.5. The number of halogens is 1. The van der Waals surface area contributed by atoms with Gasteiger partial charge in [-0.25, -0.2) is 0 Å². The maximum absolute atomic E-state index is 10.9. The lowest BCUT2D eigenvalue weighted by molar-refractivity contribution is -0.136. The van der Waals surface area contributed by atoms with Crippen molar-refractivity contribution >= 4 is 39.0 Å². The van der Waals surface area contributed by atoms with Crippen LogP contribution in [0.1, 0.15) is 67.2 Å². The summed E-state index contributed by atoms with van der Waals surface area (Å²) in [6.07, 6.45) is 4.19. The van der Waals surface area contributed by atoms with Crippen LogP contribution in [0, 0.1) is 25.7 Å². The number of carbonyl (C=O) groups is 1. The molecule has 0 radical (unpaired) electrons. The van der Waals surface area contributed by atoms with Crippen LogP contribution in [0.25, 0.3) is 10.1 Å². The van der Waals surface area contributed by atoms with Crippen molar-refractivity contribution in [3.05, 3.63) is 62.5 Å². The van der Waals surface area contributed by atoms with Crippen molar-refractivity contribution in [1.82, 2.24) is 0 Å². The van der Waals surface area contributed by atoms with Gasteiger partial charge in [-0.2, -0.15) is 0 Å². The molecule has 33 heavy (non-hydrogen) atoms. The molecule has 178 valence electrons. The number of fused-ring (bicyclic) bond motifs is 1. The van der Waals surface area contributed by atoms with Gasteiger partial charge in [0.05, 0.1) is 0 Å². The average molecular weight is 487 g/mol. The number of benzene rings is 2. The van der Waals surface area contributed by atoms with E-state index in [2.05, 4.69) is 26.8 Å². The summed E-state index contributed by atoms with van der Waals surface area (Å²) in [7, 11) is 0. The summed E-state index contributed by atoms with van der Waals surface area (Å²) in [5.74, 6) is 1.53. The van der Waals surface area contributed by atoms with Crippen LogP contribution in [0.5, 0.6) is 5.75 Å². The van der Waals surface area contributed by atoms with E-state index >= 15 is 0 Å². The van der Waals surface area contributed by atoms with E-state index in [0.717, 1.165) is 51.3 Å². The molecule has 0 aliphatic heterocycles. The van der Waals surface area contributed by atoms with Gasteiger partial charge in [0, 0.05) is 26.6 Å². The second kappa shape index (κ2) is 11.4. The van der Waals surface area contributed by atoms with E-state index in [1.54, 1.807) is 0 Å². The van der Waals surface area contributed by atoms with Gasteiger partial charge in [0.2, 0.25) is 0 Å². The second-order valence-corrected chi connectivity index (χ2v) is 10.8. The molecule has 3 rings (SSSR count). The molecular formula is C28H35ClO3S. The largest absolute Gasteiger partial charge is 0.489 e. The molecule has 0 aliphatic carbocycles. The zero-order valence-corrected chi connectivity index (χ0v) is 21.9. The van der Waals surface area contributed by atoms with Crippen LogP contribution in [0.15, 0.2) is 30.3 Å². The fourth-order valence-electron chi connectivity index (χ4n) is 4.20. The van der Waals surface area contributed by atoms with Gasteiger partial charge in [0.15, 0.2) is 0 Å². The molecule has 3 nitrogen and oxygen atoms in total. The molecule has 5 heteroatoms. The van der Waals surface area contributed by atoms with Gasteiger partial charge in [-0.1, -0.05) is 44.9 Å². The van der Waals surface area contributed by atoms with Crippen molar-refractivity contribution in [2.45, 2.75) is 73.3 Å². The number of carboxylic acid groups (broad SMARTS) is 1. The molecule has 2 unspecified atom stereocenters. The summed E-state index contributed by atoms with van der Waals surface area (Å²) < 4.78 is 7.48. The summed E-state index contributed by atoms with van der Waals surface area (Å²) in [6.45, 7) is 11.5. The van der Waals surface area contributed by atoms with Crippen molar-refractivity contribution in [1.29, 1.82) is 0 Å². The molecule has 2 aromatic carbocycles. The molecule has 0 amide bonds. The number of hydrogen-bond acceptors (Lipinski definition) is 3. The molecule has 0 fully saturated rings. The second-order valence-electron chi connectivity index (χ2n) is 9.25. The maximum atomic E-state index is 10.9. The van der Waals surface area contributed by atoms with Crippen LogP contribution in [0.2, 0.25) is 5.02 Å². The first-order valence-corrected chi connectivity index (χ1v) is 13.0. The van der Waals surface area contributed by atoms with Crippen LogP contribution in [-0.2, 0) is 24.2 Å². The highest BCUT2D eigenvalue weighted by Crippen LogP contribution is 2.35. The first-order chi connectivity index (χ1) is 15.7. The van der Waals surface area contributed by atoms with Crippen molar-refractivity contribution in [2.24, 2.45) is 11.8 Å². The van der Waals surface area contributed by atoms with E-state index in [0.29, 0.717) is 13.0 Å². The molecule has 0 spiro atoms. The Morgan fingerprint density at radius 1 is 1.06 bits per heavy atom. The molecule has 2 atom stereocenters. The van der Waals surface area contributed by atoms with Gasteiger partial charge in [-0.15, -0.1) is 11.3 Å². The Kier molecular flexibility index (Phi) is 8.83. The Bertz CT molecular complexity index is 1120. The van der Waals surface area contributed by atoms with Crippen molar-refractivity contribution in [3.63, 3.8) is 0 Å². The minimum atomic E-state index is -0.776. The van der Waals surface area contributed by atoms with E-state index in [1.165, 1.54) is 27.8 Å². The molecular weight excluding hydrogens is 452 g/mol. The normalized spacial score (nSPS) is 13.3. The van der Waals surface area contributed by atoms with E-state index in [-0.39, 0.29) is 6.42 Å². The highest BCUT2D eigenvalue weighted by molar-refractivity contribution is 7.19. The highest BCUT2D eigenvalue weighted by Gasteiger charge is 2.14. The minimum Gasteiger partial charge on any atom is -0.489 e. The summed E-state index contributed by atoms with van der Waals surface area (Å²) >= 11 is 8.30. The SMILES string of the molecule is CCC(C)C(C)CCc1cc2cc(Cl)cc(COc3ccc(CCC(=O)O)c(C)c3C)c2s1. The Labute approximate surface area is 206 Å². The van der Waals surface area contributed by atoms with E-state index in [1.807, 2.05) is 49.4 Å². The lowest BCUT2D eigenvalue weighted by atomic mass is 9.89. The fraction of sp³-hybridized carbons (Fsp3) is 0.464. The number of aryl methyl sites for hydroxylation is 2. The topological polar surface area (TPSA) is 46.5 Å². The quantitative estimate of drug-likeness (QED) is 0.296. The zero-order chi connectivity index (χ0) is 24.1. The number of ether oxygens (including phenoxy) is 1. The average Bonchev–Trinajstić information content (AvgIpc) is 3.19. The first-order valence-electron chi connectivity index (χ1n) is 11.8. The smallest absolute Gasteiger partial charge is 0.303 e.